The lowest BCUT2D eigenvalue weighted by molar-refractivity contribution is 0.367. The number of nitrogens with one attached hydrogen (secondary N) is 1. The highest BCUT2D eigenvalue weighted by atomic mass is 16.5. The summed E-state index contributed by atoms with van der Waals surface area (Å²) in [7, 11) is 0. The molecule has 0 aliphatic carbocycles. The van der Waals surface area contributed by atoms with E-state index < -0.39 is 0 Å². The largest absolute Gasteiger partial charge is 0.339 e. The number of hydrogen-bond acceptors (Lipinski definition) is 4. The number of rotatable bonds is 7. The lowest BCUT2D eigenvalue weighted by Crippen LogP contribution is -2.23. The number of aromatic nitrogens is 2. The van der Waals surface area contributed by atoms with Crippen molar-refractivity contribution in [2.24, 2.45) is 5.92 Å². The maximum Gasteiger partial charge on any atom is 0.227 e. The Hall–Kier alpha value is -0.900. The molecule has 16 heavy (non-hydrogen) atoms. The summed E-state index contributed by atoms with van der Waals surface area (Å²) in [5.74, 6) is 2.61. The Labute approximate surface area is 97.8 Å². The van der Waals surface area contributed by atoms with Crippen LogP contribution in [0.15, 0.2) is 4.52 Å². The highest BCUT2D eigenvalue weighted by Gasteiger charge is 2.08. The van der Waals surface area contributed by atoms with Crippen molar-refractivity contribution in [2.75, 3.05) is 13.1 Å². The third-order valence-corrected chi connectivity index (χ3v) is 2.71. The molecule has 1 unspecified atom stereocenters. The molecule has 0 bridgehead atoms. The molecule has 0 aromatic carbocycles. The highest BCUT2D eigenvalue weighted by Crippen LogP contribution is 2.09. The minimum Gasteiger partial charge on any atom is -0.339 e. The second-order valence-electron chi connectivity index (χ2n) is 4.67. The second kappa shape index (κ2) is 6.63. The van der Waals surface area contributed by atoms with Gasteiger partial charge in [0.05, 0.1) is 0 Å². The van der Waals surface area contributed by atoms with Crippen molar-refractivity contribution in [3.63, 3.8) is 0 Å². The van der Waals surface area contributed by atoms with Gasteiger partial charge in [0.25, 0.3) is 0 Å². The van der Waals surface area contributed by atoms with Crippen molar-refractivity contribution >= 4 is 0 Å². The summed E-state index contributed by atoms with van der Waals surface area (Å²) in [6.07, 6.45) is 2.03. The van der Waals surface area contributed by atoms with Gasteiger partial charge < -0.3 is 9.84 Å². The van der Waals surface area contributed by atoms with Crippen LogP contribution < -0.4 is 5.32 Å². The van der Waals surface area contributed by atoms with E-state index in [4.69, 9.17) is 4.52 Å². The smallest absolute Gasteiger partial charge is 0.227 e. The lowest BCUT2D eigenvalue weighted by atomic mass is 10.1. The van der Waals surface area contributed by atoms with Gasteiger partial charge >= 0.3 is 0 Å². The Kier molecular flexibility index (Phi) is 5.46. The zero-order valence-corrected chi connectivity index (χ0v) is 10.8. The van der Waals surface area contributed by atoms with Gasteiger partial charge in [0.15, 0.2) is 5.82 Å². The van der Waals surface area contributed by atoms with Crippen LogP contribution in [0.1, 0.15) is 51.7 Å². The molecule has 1 atom stereocenters. The summed E-state index contributed by atoms with van der Waals surface area (Å²) in [4.78, 5) is 4.33. The van der Waals surface area contributed by atoms with Gasteiger partial charge in [0, 0.05) is 18.9 Å². The molecule has 1 N–H and O–H groups in total. The minimum absolute atomic E-state index is 0.338. The second-order valence-corrected chi connectivity index (χ2v) is 4.67. The molecule has 0 saturated heterocycles. The normalized spacial score (nSPS) is 13.3. The lowest BCUT2D eigenvalue weighted by Gasteiger charge is -2.08. The monoisotopic (exact) mass is 225 g/mol. The Morgan fingerprint density at radius 3 is 2.62 bits per heavy atom. The van der Waals surface area contributed by atoms with Crippen LogP contribution in [0.2, 0.25) is 0 Å². The van der Waals surface area contributed by atoms with Crippen molar-refractivity contribution in [3.8, 4) is 0 Å². The summed E-state index contributed by atoms with van der Waals surface area (Å²) in [6.45, 7) is 10.5. The molecule has 0 radical (unpaired) electrons. The Balaban J connectivity index is 2.21. The fourth-order valence-electron chi connectivity index (χ4n) is 1.29. The molecule has 0 spiro atoms. The highest BCUT2D eigenvalue weighted by molar-refractivity contribution is 4.91. The number of hydrogen-bond donors (Lipinski definition) is 1. The van der Waals surface area contributed by atoms with E-state index in [1.165, 1.54) is 6.42 Å². The molecular weight excluding hydrogens is 202 g/mol. The van der Waals surface area contributed by atoms with Crippen LogP contribution in [0.4, 0.5) is 0 Å². The molecule has 4 heteroatoms. The van der Waals surface area contributed by atoms with Gasteiger partial charge in [0.2, 0.25) is 5.89 Å². The van der Waals surface area contributed by atoms with E-state index in [1.807, 2.05) is 0 Å². The predicted octanol–water partition coefficient (Wildman–Crippen LogP) is 2.37. The maximum absolute atomic E-state index is 5.16. The standard InChI is InChI=1S/C12H23N3O/c1-5-10(4)8-13-7-6-11-14-12(9(2)3)15-16-11/h9-10,13H,5-8H2,1-4H3. The van der Waals surface area contributed by atoms with E-state index >= 15 is 0 Å². The van der Waals surface area contributed by atoms with E-state index in [1.54, 1.807) is 0 Å². The SMILES string of the molecule is CCC(C)CNCCc1nc(C(C)C)no1. The summed E-state index contributed by atoms with van der Waals surface area (Å²) in [5.41, 5.74) is 0. The van der Waals surface area contributed by atoms with Crippen molar-refractivity contribution in [1.82, 2.24) is 15.5 Å². The van der Waals surface area contributed by atoms with Crippen LogP contribution in [0.3, 0.4) is 0 Å². The molecule has 1 aromatic heterocycles. The fourth-order valence-corrected chi connectivity index (χ4v) is 1.29. The zero-order valence-electron chi connectivity index (χ0n) is 10.8. The summed E-state index contributed by atoms with van der Waals surface area (Å²) in [6, 6.07) is 0. The van der Waals surface area contributed by atoms with Gasteiger partial charge in [-0.2, -0.15) is 4.98 Å². The van der Waals surface area contributed by atoms with Crippen LogP contribution in [0.25, 0.3) is 0 Å². The maximum atomic E-state index is 5.16. The summed E-state index contributed by atoms with van der Waals surface area (Å²) < 4.78 is 5.16. The van der Waals surface area contributed by atoms with Gasteiger partial charge in [-0.1, -0.05) is 39.3 Å². The van der Waals surface area contributed by atoms with Crippen molar-refractivity contribution in [3.05, 3.63) is 11.7 Å². The molecule has 0 amide bonds. The average Bonchev–Trinajstić information content (AvgIpc) is 2.72. The van der Waals surface area contributed by atoms with Crippen molar-refractivity contribution < 1.29 is 4.52 Å². The van der Waals surface area contributed by atoms with Crippen molar-refractivity contribution in [1.29, 1.82) is 0 Å². The molecule has 1 rings (SSSR count). The Morgan fingerprint density at radius 1 is 1.31 bits per heavy atom. The molecule has 0 aliphatic rings. The van der Waals surface area contributed by atoms with Crippen LogP contribution >= 0.6 is 0 Å². The molecule has 1 aromatic rings. The third kappa shape index (κ3) is 4.31. The first-order valence-electron chi connectivity index (χ1n) is 6.16. The number of nitrogens with zero attached hydrogens (tertiary/aromatic N) is 2. The van der Waals surface area contributed by atoms with Crippen LogP contribution in [-0.2, 0) is 6.42 Å². The van der Waals surface area contributed by atoms with Gasteiger partial charge in [0.1, 0.15) is 0 Å². The van der Waals surface area contributed by atoms with Crippen molar-refractivity contribution in [2.45, 2.75) is 46.5 Å². The Morgan fingerprint density at radius 2 is 2.06 bits per heavy atom. The topological polar surface area (TPSA) is 51.0 Å². The quantitative estimate of drug-likeness (QED) is 0.724. The van der Waals surface area contributed by atoms with Gasteiger partial charge in [-0.15, -0.1) is 0 Å². The summed E-state index contributed by atoms with van der Waals surface area (Å²) in [5, 5.41) is 7.33. The van der Waals surface area contributed by atoms with Gasteiger partial charge in [-0.05, 0) is 12.5 Å². The van der Waals surface area contributed by atoms with Gasteiger partial charge in [-0.3, -0.25) is 0 Å². The van der Waals surface area contributed by atoms with Crippen LogP contribution in [0, 0.1) is 5.92 Å². The Bertz CT molecular complexity index is 296. The first-order chi connectivity index (χ1) is 7.63. The summed E-state index contributed by atoms with van der Waals surface area (Å²) >= 11 is 0. The van der Waals surface area contributed by atoms with Crippen LogP contribution in [0.5, 0.6) is 0 Å². The third-order valence-electron chi connectivity index (χ3n) is 2.71. The fraction of sp³-hybridized carbons (Fsp3) is 0.833. The molecule has 4 nitrogen and oxygen atoms in total. The van der Waals surface area contributed by atoms with E-state index in [2.05, 4.69) is 43.2 Å². The van der Waals surface area contributed by atoms with E-state index in [0.717, 1.165) is 37.1 Å². The van der Waals surface area contributed by atoms with Crippen LogP contribution in [-0.4, -0.2) is 23.2 Å². The molecule has 0 fully saturated rings. The molecule has 0 saturated carbocycles. The van der Waals surface area contributed by atoms with E-state index in [0.29, 0.717) is 5.92 Å². The first kappa shape index (κ1) is 13.2. The van der Waals surface area contributed by atoms with E-state index in [-0.39, 0.29) is 0 Å². The minimum atomic E-state index is 0.338. The molecule has 1 heterocycles. The molecule has 92 valence electrons. The average molecular weight is 225 g/mol. The molecular formula is C12H23N3O. The predicted molar refractivity (Wildman–Crippen MR) is 64.4 cm³/mol. The first-order valence-corrected chi connectivity index (χ1v) is 6.16. The molecule has 0 aliphatic heterocycles. The van der Waals surface area contributed by atoms with Gasteiger partial charge in [-0.25, -0.2) is 0 Å². The van der Waals surface area contributed by atoms with E-state index in [9.17, 15) is 0 Å². The zero-order chi connectivity index (χ0) is 12.0.